The third-order valence-corrected chi connectivity index (χ3v) is 13.2. The molecule has 2 aliphatic rings. The van der Waals surface area contributed by atoms with Gasteiger partial charge in [0.25, 0.3) is 0 Å². The molecule has 0 spiro atoms. The molecule has 0 atom stereocenters. The molecule has 0 aliphatic heterocycles. The highest BCUT2D eigenvalue weighted by Crippen LogP contribution is 2.58. The third kappa shape index (κ3) is 5.53. The minimum atomic E-state index is -0.572. The summed E-state index contributed by atoms with van der Waals surface area (Å²) in [5, 5.41) is 0. The number of hydrogen-bond acceptors (Lipinski definition) is 1. The molecule has 0 fully saturated rings. The molecule has 0 radical (unpaired) electrons. The summed E-state index contributed by atoms with van der Waals surface area (Å²) in [7, 11) is 0. The number of rotatable bonds is 7. The fourth-order valence-corrected chi connectivity index (χ4v) is 10.4. The van der Waals surface area contributed by atoms with Gasteiger partial charge in [-0.15, -0.1) is 0 Å². The molecule has 286 valence electrons. The van der Waals surface area contributed by atoms with Gasteiger partial charge in [0, 0.05) is 22.5 Å². The number of benzene rings is 9. The van der Waals surface area contributed by atoms with Crippen LogP contribution in [-0.4, -0.2) is 0 Å². The molecule has 0 bridgehead atoms. The number of anilines is 3. The highest BCUT2D eigenvalue weighted by molar-refractivity contribution is 5.91. The van der Waals surface area contributed by atoms with Crippen LogP contribution in [0.3, 0.4) is 0 Å². The van der Waals surface area contributed by atoms with Crippen molar-refractivity contribution < 1.29 is 0 Å². The first kappa shape index (κ1) is 35.9. The normalized spacial score (nSPS) is 13.8. The number of nitrogens with zero attached hydrogens (tertiary/aromatic N) is 1. The van der Waals surface area contributed by atoms with Gasteiger partial charge in [-0.25, -0.2) is 0 Å². The SMILES string of the molecule is Cc1cccc(C2(c3cc(-c4ccccc4)cc(N(c4cccc(-c5ccccc5)c4)c4ccc5c(c4)C(C)(C)c4ccccc4-5)c3)c3ccccc3-c3ccccc32)c1. The molecule has 1 heteroatoms. The molecule has 1 nitrogen and oxygen atoms in total. The zero-order chi connectivity index (χ0) is 40.4. The van der Waals surface area contributed by atoms with Crippen LogP contribution in [-0.2, 0) is 10.8 Å². The summed E-state index contributed by atoms with van der Waals surface area (Å²) in [4.78, 5) is 2.50. The second kappa shape index (κ2) is 14.0. The van der Waals surface area contributed by atoms with Crippen LogP contribution in [0.15, 0.2) is 218 Å². The van der Waals surface area contributed by atoms with E-state index < -0.39 is 5.41 Å². The van der Waals surface area contributed by atoms with Crippen LogP contribution < -0.4 is 4.90 Å². The highest BCUT2D eigenvalue weighted by Gasteiger charge is 2.46. The maximum Gasteiger partial charge on any atom is 0.0714 e. The summed E-state index contributed by atoms with van der Waals surface area (Å²) < 4.78 is 0. The molecule has 9 aromatic carbocycles. The molecule has 0 heterocycles. The van der Waals surface area contributed by atoms with E-state index in [1.165, 1.54) is 83.5 Å². The summed E-state index contributed by atoms with van der Waals surface area (Å²) in [6, 6.07) is 81.4. The van der Waals surface area contributed by atoms with E-state index in [1.54, 1.807) is 0 Å². The molecule has 0 saturated carbocycles. The fraction of sp³-hybridized carbons (Fsp3) is 0.0847. The van der Waals surface area contributed by atoms with Crippen LogP contribution >= 0.6 is 0 Å². The number of fused-ring (bicyclic) bond motifs is 6. The zero-order valence-corrected chi connectivity index (χ0v) is 34.2. The summed E-state index contributed by atoms with van der Waals surface area (Å²) in [5.41, 5.74) is 21.7. The second-order valence-electron chi connectivity index (χ2n) is 17.0. The molecule has 0 saturated heterocycles. The van der Waals surface area contributed by atoms with Crippen LogP contribution in [0, 0.1) is 6.92 Å². The molecule has 2 aliphatic carbocycles. The monoisotopic (exact) mass is 767 g/mol. The first-order chi connectivity index (χ1) is 29.4. The van der Waals surface area contributed by atoms with Crippen molar-refractivity contribution in [2.45, 2.75) is 31.6 Å². The first-order valence-electron chi connectivity index (χ1n) is 21.1. The van der Waals surface area contributed by atoms with Gasteiger partial charge < -0.3 is 4.90 Å². The minimum absolute atomic E-state index is 0.150. The van der Waals surface area contributed by atoms with E-state index >= 15 is 0 Å². The average molecular weight is 768 g/mol. The first-order valence-corrected chi connectivity index (χ1v) is 21.1. The molecule has 11 rings (SSSR count). The van der Waals surface area contributed by atoms with Gasteiger partial charge in [-0.2, -0.15) is 0 Å². The van der Waals surface area contributed by atoms with Crippen LogP contribution in [0.1, 0.15) is 52.8 Å². The van der Waals surface area contributed by atoms with E-state index in [0.29, 0.717) is 0 Å². The maximum absolute atomic E-state index is 2.50. The predicted octanol–water partition coefficient (Wildman–Crippen LogP) is 15.5. The van der Waals surface area contributed by atoms with Gasteiger partial charge >= 0.3 is 0 Å². The Bertz CT molecular complexity index is 3040. The van der Waals surface area contributed by atoms with Gasteiger partial charge in [0.05, 0.1) is 5.41 Å². The summed E-state index contributed by atoms with van der Waals surface area (Å²) in [6.07, 6.45) is 0. The fourth-order valence-electron chi connectivity index (χ4n) is 10.4. The van der Waals surface area contributed by atoms with E-state index in [-0.39, 0.29) is 5.41 Å². The Morgan fingerprint density at radius 1 is 0.317 bits per heavy atom. The standard InChI is InChI=1S/C59H45N/c1-40-18-16-24-45(34-40)59(55-30-14-11-27-51(55)52-28-12-15-31-56(52)59)46-35-44(42-21-8-5-9-22-42)37-49(38-46)60(47-25-17-23-43(36-47)41-19-6-4-7-20-41)48-32-33-53-50-26-10-13-29-54(50)58(2,3)57(53)39-48/h4-39H,1-3H3. The van der Waals surface area contributed by atoms with E-state index in [0.717, 1.165) is 17.1 Å². The van der Waals surface area contributed by atoms with Crippen molar-refractivity contribution in [2.24, 2.45) is 0 Å². The van der Waals surface area contributed by atoms with Gasteiger partial charge in [-0.1, -0.05) is 195 Å². The molecule has 0 aromatic heterocycles. The Morgan fingerprint density at radius 3 is 1.50 bits per heavy atom. The molecule has 0 N–H and O–H groups in total. The van der Waals surface area contributed by atoms with Gasteiger partial charge in [0.1, 0.15) is 0 Å². The van der Waals surface area contributed by atoms with Crippen molar-refractivity contribution >= 4 is 17.1 Å². The summed E-state index contributed by atoms with van der Waals surface area (Å²) in [5.74, 6) is 0. The number of hydrogen-bond donors (Lipinski definition) is 0. The van der Waals surface area contributed by atoms with Gasteiger partial charge in [-0.3, -0.25) is 0 Å². The Morgan fingerprint density at radius 2 is 0.833 bits per heavy atom. The molecule has 60 heavy (non-hydrogen) atoms. The summed E-state index contributed by atoms with van der Waals surface area (Å²) in [6.45, 7) is 6.96. The Hall–Kier alpha value is -7.22. The van der Waals surface area contributed by atoms with E-state index in [1.807, 2.05) is 0 Å². The van der Waals surface area contributed by atoms with Crippen LogP contribution in [0.5, 0.6) is 0 Å². The lowest BCUT2D eigenvalue weighted by Gasteiger charge is -2.36. The van der Waals surface area contributed by atoms with Crippen molar-refractivity contribution in [3.63, 3.8) is 0 Å². The van der Waals surface area contributed by atoms with Crippen LogP contribution in [0.2, 0.25) is 0 Å². The Kier molecular flexibility index (Phi) is 8.36. The van der Waals surface area contributed by atoms with E-state index in [4.69, 9.17) is 0 Å². The van der Waals surface area contributed by atoms with Gasteiger partial charge in [0.15, 0.2) is 0 Å². The molecule has 0 unspecified atom stereocenters. The zero-order valence-electron chi connectivity index (χ0n) is 34.2. The second-order valence-corrected chi connectivity index (χ2v) is 17.0. The molecular weight excluding hydrogens is 723 g/mol. The largest absolute Gasteiger partial charge is 0.310 e. The van der Waals surface area contributed by atoms with Crippen molar-refractivity contribution in [3.8, 4) is 44.5 Å². The van der Waals surface area contributed by atoms with Crippen molar-refractivity contribution in [1.29, 1.82) is 0 Å². The quantitative estimate of drug-likeness (QED) is 0.156. The van der Waals surface area contributed by atoms with E-state index in [2.05, 4.69) is 244 Å². The van der Waals surface area contributed by atoms with Gasteiger partial charge in [0.2, 0.25) is 0 Å². The lowest BCUT2D eigenvalue weighted by atomic mass is 9.67. The minimum Gasteiger partial charge on any atom is -0.310 e. The maximum atomic E-state index is 2.50. The predicted molar refractivity (Wildman–Crippen MR) is 252 cm³/mol. The Labute approximate surface area is 353 Å². The smallest absolute Gasteiger partial charge is 0.0714 e. The molecule has 9 aromatic rings. The summed E-state index contributed by atoms with van der Waals surface area (Å²) >= 11 is 0. The van der Waals surface area contributed by atoms with Crippen molar-refractivity contribution in [3.05, 3.63) is 257 Å². The number of aryl methyl sites for hydroxylation is 1. The lowest BCUT2D eigenvalue weighted by Crippen LogP contribution is -2.29. The molecular formula is C59H45N. The average Bonchev–Trinajstić information content (AvgIpc) is 3.73. The van der Waals surface area contributed by atoms with Crippen LogP contribution in [0.4, 0.5) is 17.1 Å². The third-order valence-electron chi connectivity index (χ3n) is 13.2. The molecule has 0 amide bonds. The van der Waals surface area contributed by atoms with Crippen molar-refractivity contribution in [2.75, 3.05) is 4.90 Å². The van der Waals surface area contributed by atoms with Crippen LogP contribution in [0.25, 0.3) is 44.5 Å². The topological polar surface area (TPSA) is 3.24 Å². The van der Waals surface area contributed by atoms with E-state index in [9.17, 15) is 0 Å². The van der Waals surface area contributed by atoms with Gasteiger partial charge in [-0.05, 0) is 127 Å². The van der Waals surface area contributed by atoms with Crippen molar-refractivity contribution in [1.82, 2.24) is 0 Å². The Balaban J connectivity index is 1.23. The highest BCUT2D eigenvalue weighted by atomic mass is 15.1. The lowest BCUT2D eigenvalue weighted by molar-refractivity contribution is 0.660.